The number of hydrogen-bond acceptors (Lipinski definition) is 3. The van der Waals surface area contributed by atoms with Crippen LogP contribution in [0.15, 0.2) is 47.3 Å². The van der Waals surface area contributed by atoms with E-state index in [9.17, 15) is 8.78 Å². The molecular formula is C13H14F2N3P. The van der Waals surface area contributed by atoms with Crippen LogP contribution in [-0.4, -0.2) is 11.4 Å². The monoisotopic (exact) mass is 281 g/mol. The van der Waals surface area contributed by atoms with Crippen LogP contribution in [0.25, 0.3) is 0 Å². The molecule has 2 aliphatic carbocycles. The number of hydrogen-bond donors (Lipinski definition) is 3. The molecule has 1 atom stereocenters. The van der Waals surface area contributed by atoms with Gasteiger partial charge in [0.2, 0.25) is 0 Å². The molecule has 1 fully saturated rings. The molecule has 0 amide bonds. The number of nitrogens with two attached hydrogens (primary N) is 1. The summed E-state index contributed by atoms with van der Waals surface area (Å²) in [4.78, 5) is 0. The predicted octanol–water partition coefficient (Wildman–Crippen LogP) is 2.41. The van der Waals surface area contributed by atoms with Gasteiger partial charge in [-0.1, -0.05) is 20.7 Å². The zero-order valence-corrected chi connectivity index (χ0v) is 11.3. The van der Waals surface area contributed by atoms with Gasteiger partial charge in [0.1, 0.15) is 5.82 Å². The number of rotatable bonds is 5. The highest BCUT2D eigenvalue weighted by Crippen LogP contribution is 2.60. The lowest BCUT2D eigenvalue weighted by Gasteiger charge is -2.22. The summed E-state index contributed by atoms with van der Waals surface area (Å²) in [5.74, 6) is 0.158. The fourth-order valence-corrected chi connectivity index (χ4v) is 2.27. The Morgan fingerprint density at radius 2 is 2.21 bits per heavy atom. The van der Waals surface area contributed by atoms with Crippen LogP contribution in [-0.2, 0) is 0 Å². The van der Waals surface area contributed by atoms with Gasteiger partial charge in [-0.25, -0.2) is 8.78 Å². The van der Waals surface area contributed by atoms with Crippen molar-refractivity contribution in [1.82, 2.24) is 5.32 Å². The van der Waals surface area contributed by atoms with E-state index >= 15 is 0 Å². The summed E-state index contributed by atoms with van der Waals surface area (Å²) >= 11 is 0. The minimum Gasteiger partial charge on any atom is -0.385 e. The highest BCUT2D eigenvalue weighted by Gasteiger charge is 2.61. The van der Waals surface area contributed by atoms with Gasteiger partial charge in [-0.15, -0.1) is 0 Å². The zero-order valence-electron chi connectivity index (χ0n) is 10.1. The highest BCUT2D eigenvalue weighted by molar-refractivity contribution is 7.18. The van der Waals surface area contributed by atoms with E-state index in [0.717, 1.165) is 0 Å². The maximum absolute atomic E-state index is 13.4. The van der Waals surface area contributed by atoms with Crippen molar-refractivity contribution in [1.29, 1.82) is 5.41 Å². The van der Waals surface area contributed by atoms with Gasteiger partial charge < -0.3 is 16.5 Å². The lowest BCUT2D eigenvalue weighted by atomic mass is 10.00. The van der Waals surface area contributed by atoms with Gasteiger partial charge in [0, 0.05) is 17.5 Å². The smallest absolute Gasteiger partial charge is 0.269 e. The molecule has 2 aliphatic rings. The van der Waals surface area contributed by atoms with Crippen LogP contribution in [0.4, 0.5) is 8.78 Å². The van der Waals surface area contributed by atoms with Crippen LogP contribution in [0.3, 0.4) is 0 Å². The Hall–Kier alpha value is -1.66. The Morgan fingerprint density at radius 3 is 2.68 bits per heavy atom. The molecule has 0 aromatic carbocycles. The third-order valence-corrected chi connectivity index (χ3v) is 3.70. The molecule has 0 aromatic rings. The summed E-state index contributed by atoms with van der Waals surface area (Å²) in [5, 5.41) is 10.6. The summed E-state index contributed by atoms with van der Waals surface area (Å²) in [5.41, 5.74) is 7.35. The second kappa shape index (κ2) is 4.79. The first-order valence-electron chi connectivity index (χ1n) is 5.73. The molecule has 4 N–H and O–H groups in total. The van der Waals surface area contributed by atoms with E-state index in [0.29, 0.717) is 18.5 Å². The molecule has 3 nitrogen and oxygen atoms in total. The standard InChI is InChI=1S/C13H14F2N3P/c14-13(15,19)12(6-7-12)10(16)8-11(17)18-9-4-2-1-3-5-9/h2,4-5,8,16,18H,6-7,17,19H2/b11-8-,16-10?. The fraction of sp³-hybridized carbons (Fsp3) is 0.308. The Labute approximate surface area is 112 Å². The van der Waals surface area contributed by atoms with Gasteiger partial charge in [-0.2, -0.15) is 0 Å². The minimum absolute atomic E-state index is 0.149. The highest BCUT2D eigenvalue weighted by atomic mass is 31.0. The second-order valence-electron chi connectivity index (χ2n) is 4.57. The van der Waals surface area contributed by atoms with Gasteiger partial charge in [0.15, 0.2) is 0 Å². The summed E-state index contributed by atoms with van der Waals surface area (Å²) in [7, 11) is 1.52. The second-order valence-corrected chi connectivity index (χ2v) is 5.29. The van der Waals surface area contributed by atoms with E-state index in [1.807, 2.05) is 0 Å². The molecule has 0 heterocycles. The van der Waals surface area contributed by atoms with E-state index in [4.69, 9.17) is 11.1 Å². The van der Waals surface area contributed by atoms with Crippen LogP contribution in [0.1, 0.15) is 12.8 Å². The first-order valence-corrected chi connectivity index (χ1v) is 6.31. The van der Waals surface area contributed by atoms with Crippen LogP contribution >= 0.6 is 9.24 Å². The van der Waals surface area contributed by atoms with Crippen molar-refractivity contribution in [3.8, 4) is 0 Å². The molecule has 2 rings (SSSR count). The van der Waals surface area contributed by atoms with Crippen molar-refractivity contribution in [3.05, 3.63) is 47.3 Å². The van der Waals surface area contributed by atoms with Crippen LogP contribution < -0.4 is 11.1 Å². The first kappa shape index (κ1) is 13.8. The SMILES string of the molecule is N=C(/C=C(/N)NC1=CC=C=C=C1)C1(C(F)(F)P)CC1. The number of nitrogens with one attached hydrogen (secondary N) is 2. The van der Waals surface area contributed by atoms with Crippen LogP contribution in [0.2, 0.25) is 0 Å². The van der Waals surface area contributed by atoms with Gasteiger partial charge in [-0.05, 0) is 31.1 Å². The molecule has 0 spiro atoms. The molecule has 6 heteroatoms. The molecule has 0 saturated heterocycles. The molecule has 0 aromatic heterocycles. The van der Waals surface area contributed by atoms with Crippen molar-refractivity contribution in [3.63, 3.8) is 0 Å². The summed E-state index contributed by atoms with van der Waals surface area (Å²) in [6.07, 6.45) is 6.86. The Bertz CT molecular complexity index is 567. The van der Waals surface area contributed by atoms with E-state index < -0.39 is 11.1 Å². The van der Waals surface area contributed by atoms with E-state index in [1.54, 1.807) is 18.2 Å². The molecule has 0 radical (unpaired) electrons. The number of allylic oxidation sites excluding steroid dienone is 4. The topological polar surface area (TPSA) is 61.9 Å². The quantitative estimate of drug-likeness (QED) is 0.412. The van der Waals surface area contributed by atoms with Crippen LogP contribution in [0.5, 0.6) is 0 Å². The maximum Gasteiger partial charge on any atom is 0.269 e. The molecule has 1 unspecified atom stereocenters. The van der Waals surface area contributed by atoms with Gasteiger partial charge in [-0.3, -0.25) is 0 Å². The Morgan fingerprint density at radius 1 is 1.53 bits per heavy atom. The molecule has 0 aliphatic heterocycles. The third kappa shape index (κ3) is 2.85. The molecule has 1 saturated carbocycles. The largest absolute Gasteiger partial charge is 0.385 e. The van der Waals surface area contributed by atoms with Crippen molar-refractivity contribution in [2.75, 3.05) is 0 Å². The average Bonchev–Trinajstić information content (AvgIpc) is 3.10. The van der Waals surface area contributed by atoms with Crippen molar-refractivity contribution in [2.24, 2.45) is 11.1 Å². The molecule has 0 bridgehead atoms. The van der Waals surface area contributed by atoms with Crippen LogP contribution in [0, 0.1) is 10.8 Å². The minimum atomic E-state index is -2.98. The van der Waals surface area contributed by atoms with Crippen molar-refractivity contribution in [2.45, 2.75) is 18.5 Å². The van der Waals surface area contributed by atoms with E-state index in [-0.39, 0.29) is 11.5 Å². The maximum atomic E-state index is 13.4. The van der Waals surface area contributed by atoms with Gasteiger partial charge in [0.05, 0.1) is 5.41 Å². The summed E-state index contributed by atoms with van der Waals surface area (Å²) < 4.78 is 26.8. The van der Waals surface area contributed by atoms with E-state index in [1.165, 1.54) is 15.3 Å². The lowest BCUT2D eigenvalue weighted by Crippen LogP contribution is -2.31. The molecule has 100 valence electrons. The Balaban J connectivity index is 2.06. The molecule has 19 heavy (non-hydrogen) atoms. The zero-order chi connectivity index (χ0) is 14.1. The summed E-state index contributed by atoms with van der Waals surface area (Å²) in [6, 6.07) is 0. The summed E-state index contributed by atoms with van der Waals surface area (Å²) in [6.45, 7) is 0. The predicted molar refractivity (Wildman–Crippen MR) is 73.7 cm³/mol. The number of halogens is 2. The first-order chi connectivity index (χ1) is 8.85. The molecular weight excluding hydrogens is 267 g/mol. The fourth-order valence-electron chi connectivity index (χ4n) is 1.83. The van der Waals surface area contributed by atoms with E-state index in [2.05, 4.69) is 16.8 Å². The number of alkyl halides is 2. The lowest BCUT2D eigenvalue weighted by molar-refractivity contribution is 0.0543. The normalized spacial score (nSPS) is 20.2. The third-order valence-electron chi connectivity index (χ3n) is 3.15. The van der Waals surface area contributed by atoms with Crippen molar-refractivity contribution < 1.29 is 8.78 Å². The van der Waals surface area contributed by atoms with Gasteiger partial charge >= 0.3 is 0 Å². The van der Waals surface area contributed by atoms with Gasteiger partial charge in [0.25, 0.3) is 5.66 Å². The Kier molecular flexibility index (Phi) is 3.47. The average molecular weight is 281 g/mol. The van der Waals surface area contributed by atoms with Crippen molar-refractivity contribution >= 4 is 15.0 Å².